The second-order valence-electron chi connectivity index (χ2n) is 6.88. The molecule has 1 nitrogen and oxygen atoms in total. The van der Waals surface area contributed by atoms with Gasteiger partial charge >= 0.3 is 0 Å². The number of hydrogen-bond donors (Lipinski definition) is 1. The van der Waals surface area contributed by atoms with Gasteiger partial charge in [0.25, 0.3) is 0 Å². The SMILES string of the molecule is C[C@@]1(CN)CCC[C@]2(C)c3ccccc3CC[C@H]12. The van der Waals surface area contributed by atoms with Crippen LogP contribution in [0.4, 0.5) is 0 Å². The Hall–Kier alpha value is -0.820. The molecule has 1 saturated carbocycles. The molecule has 0 radical (unpaired) electrons. The minimum absolute atomic E-state index is 0.348. The van der Waals surface area contributed by atoms with Gasteiger partial charge in [0.05, 0.1) is 0 Å². The summed E-state index contributed by atoms with van der Waals surface area (Å²) in [5.41, 5.74) is 10.0. The molecule has 1 heteroatoms. The van der Waals surface area contributed by atoms with E-state index in [4.69, 9.17) is 5.73 Å². The zero-order valence-electron chi connectivity index (χ0n) is 11.7. The van der Waals surface area contributed by atoms with Gasteiger partial charge in [-0.15, -0.1) is 0 Å². The highest BCUT2D eigenvalue weighted by molar-refractivity contribution is 5.38. The molecule has 3 atom stereocenters. The summed E-state index contributed by atoms with van der Waals surface area (Å²) in [5, 5.41) is 0. The third-order valence-corrected chi connectivity index (χ3v) is 5.86. The van der Waals surface area contributed by atoms with Crippen LogP contribution >= 0.6 is 0 Å². The van der Waals surface area contributed by atoms with Gasteiger partial charge in [-0.1, -0.05) is 44.5 Å². The monoisotopic (exact) mass is 243 g/mol. The maximum atomic E-state index is 6.12. The van der Waals surface area contributed by atoms with Crippen molar-refractivity contribution in [3.8, 4) is 0 Å². The molecule has 0 unspecified atom stereocenters. The van der Waals surface area contributed by atoms with E-state index in [-0.39, 0.29) is 0 Å². The van der Waals surface area contributed by atoms with E-state index in [1.54, 1.807) is 11.1 Å². The van der Waals surface area contributed by atoms with E-state index in [9.17, 15) is 0 Å². The van der Waals surface area contributed by atoms with Gasteiger partial charge in [0.2, 0.25) is 0 Å². The highest BCUT2D eigenvalue weighted by Gasteiger charge is 2.50. The third-order valence-electron chi connectivity index (χ3n) is 5.86. The van der Waals surface area contributed by atoms with E-state index in [1.165, 1.54) is 32.1 Å². The first-order valence-electron chi connectivity index (χ1n) is 7.39. The Kier molecular flexibility index (Phi) is 2.78. The maximum absolute atomic E-state index is 6.12. The number of aryl methyl sites for hydroxylation is 1. The minimum atomic E-state index is 0.348. The quantitative estimate of drug-likeness (QED) is 0.800. The third kappa shape index (κ3) is 1.56. The maximum Gasteiger partial charge on any atom is -0.00202 e. The molecular formula is C17H25N. The fourth-order valence-corrected chi connectivity index (χ4v) is 4.81. The van der Waals surface area contributed by atoms with E-state index >= 15 is 0 Å². The molecule has 1 aromatic carbocycles. The van der Waals surface area contributed by atoms with Gasteiger partial charge in [0.1, 0.15) is 0 Å². The van der Waals surface area contributed by atoms with Crippen LogP contribution in [0.1, 0.15) is 50.7 Å². The molecule has 98 valence electrons. The zero-order chi connectivity index (χ0) is 12.8. The first-order valence-corrected chi connectivity index (χ1v) is 7.39. The van der Waals surface area contributed by atoms with Crippen molar-refractivity contribution in [3.63, 3.8) is 0 Å². The number of benzene rings is 1. The number of fused-ring (bicyclic) bond motifs is 3. The highest BCUT2D eigenvalue weighted by atomic mass is 14.7. The van der Waals surface area contributed by atoms with Crippen LogP contribution in [-0.4, -0.2) is 6.54 Å². The van der Waals surface area contributed by atoms with Gasteiger partial charge in [-0.05, 0) is 60.1 Å². The topological polar surface area (TPSA) is 26.0 Å². The summed E-state index contributed by atoms with van der Waals surface area (Å²) in [6.07, 6.45) is 6.54. The number of nitrogens with two attached hydrogens (primary N) is 1. The largest absolute Gasteiger partial charge is 0.330 e. The first kappa shape index (κ1) is 12.2. The molecule has 2 aliphatic rings. The average molecular weight is 243 g/mol. The predicted molar refractivity (Wildman–Crippen MR) is 76.6 cm³/mol. The standard InChI is InChI=1S/C17H25N/c1-16(12-18)10-5-11-17(2)14-7-4-3-6-13(14)8-9-15(16)17/h3-4,6-7,15H,5,8-12,18H2,1-2H3/t15-,16+,17-/m1/s1. The average Bonchev–Trinajstić information content (AvgIpc) is 2.39. The summed E-state index contributed by atoms with van der Waals surface area (Å²) in [6.45, 7) is 5.75. The van der Waals surface area contributed by atoms with Crippen LogP contribution in [0.2, 0.25) is 0 Å². The Morgan fingerprint density at radius 3 is 2.78 bits per heavy atom. The van der Waals surface area contributed by atoms with Crippen molar-refractivity contribution in [1.29, 1.82) is 0 Å². The Morgan fingerprint density at radius 2 is 2.00 bits per heavy atom. The Bertz CT molecular complexity index is 453. The van der Waals surface area contributed by atoms with Crippen molar-refractivity contribution in [3.05, 3.63) is 35.4 Å². The molecule has 0 bridgehead atoms. The molecule has 2 aliphatic carbocycles. The lowest BCUT2D eigenvalue weighted by Crippen LogP contribution is -2.51. The first-order chi connectivity index (χ1) is 8.60. The molecule has 0 aromatic heterocycles. The van der Waals surface area contributed by atoms with Crippen LogP contribution in [-0.2, 0) is 11.8 Å². The summed E-state index contributed by atoms with van der Waals surface area (Å²) in [6, 6.07) is 9.09. The van der Waals surface area contributed by atoms with Gasteiger partial charge < -0.3 is 5.73 Å². The summed E-state index contributed by atoms with van der Waals surface area (Å²) < 4.78 is 0. The van der Waals surface area contributed by atoms with Crippen LogP contribution in [0.15, 0.2) is 24.3 Å². The van der Waals surface area contributed by atoms with Crippen molar-refractivity contribution in [2.75, 3.05) is 6.54 Å². The molecule has 1 aromatic rings. The van der Waals surface area contributed by atoms with Crippen molar-refractivity contribution in [2.45, 2.75) is 51.4 Å². The second kappa shape index (κ2) is 4.09. The smallest absolute Gasteiger partial charge is 0.00202 e. The van der Waals surface area contributed by atoms with Gasteiger partial charge in [0.15, 0.2) is 0 Å². The molecule has 0 heterocycles. The van der Waals surface area contributed by atoms with E-state index in [1.807, 2.05) is 0 Å². The van der Waals surface area contributed by atoms with E-state index in [0.29, 0.717) is 10.8 Å². The Balaban J connectivity index is 2.09. The van der Waals surface area contributed by atoms with Crippen molar-refractivity contribution >= 4 is 0 Å². The highest BCUT2D eigenvalue weighted by Crippen LogP contribution is 2.56. The predicted octanol–water partition coefficient (Wildman–Crippen LogP) is 3.66. The number of hydrogen-bond acceptors (Lipinski definition) is 1. The molecule has 0 saturated heterocycles. The van der Waals surface area contributed by atoms with Crippen LogP contribution in [0, 0.1) is 11.3 Å². The van der Waals surface area contributed by atoms with E-state index < -0.39 is 0 Å². The second-order valence-corrected chi connectivity index (χ2v) is 6.88. The zero-order valence-corrected chi connectivity index (χ0v) is 11.7. The van der Waals surface area contributed by atoms with Crippen molar-refractivity contribution in [2.24, 2.45) is 17.1 Å². The molecule has 0 spiro atoms. The molecule has 2 N–H and O–H groups in total. The van der Waals surface area contributed by atoms with Gasteiger partial charge in [-0.2, -0.15) is 0 Å². The van der Waals surface area contributed by atoms with Gasteiger partial charge in [-0.3, -0.25) is 0 Å². The van der Waals surface area contributed by atoms with E-state index in [0.717, 1.165) is 12.5 Å². The normalized spacial score (nSPS) is 38.9. The van der Waals surface area contributed by atoms with Crippen LogP contribution < -0.4 is 5.73 Å². The molecule has 18 heavy (non-hydrogen) atoms. The van der Waals surface area contributed by atoms with Crippen LogP contribution in [0.5, 0.6) is 0 Å². The summed E-state index contributed by atoms with van der Waals surface area (Å²) >= 11 is 0. The summed E-state index contributed by atoms with van der Waals surface area (Å²) in [4.78, 5) is 0. The molecule has 0 amide bonds. The molecular weight excluding hydrogens is 218 g/mol. The van der Waals surface area contributed by atoms with Gasteiger partial charge in [0, 0.05) is 0 Å². The van der Waals surface area contributed by atoms with Crippen molar-refractivity contribution < 1.29 is 0 Å². The fraction of sp³-hybridized carbons (Fsp3) is 0.647. The summed E-state index contributed by atoms with van der Waals surface area (Å²) in [7, 11) is 0. The van der Waals surface area contributed by atoms with Crippen molar-refractivity contribution in [1.82, 2.24) is 0 Å². The Labute approximate surface area is 111 Å². The fourth-order valence-electron chi connectivity index (χ4n) is 4.81. The molecule has 1 fully saturated rings. The van der Waals surface area contributed by atoms with Crippen LogP contribution in [0.3, 0.4) is 0 Å². The van der Waals surface area contributed by atoms with Gasteiger partial charge in [-0.25, -0.2) is 0 Å². The lowest BCUT2D eigenvalue weighted by Gasteiger charge is -2.55. The molecule has 0 aliphatic heterocycles. The Morgan fingerprint density at radius 1 is 1.22 bits per heavy atom. The summed E-state index contributed by atoms with van der Waals surface area (Å²) in [5.74, 6) is 0.763. The van der Waals surface area contributed by atoms with Crippen LogP contribution in [0.25, 0.3) is 0 Å². The van der Waals surface area contributed by atoms with E-state index in [2.05, 4.69) is 38.1 Å². The lowest BCUT2D eigenvalue weighted by atomic mass is 9.50. The molecule has 3 rings (SSSR count). The minimum Gasteiger partial charge on any atom is -0.330 e. The lowest BCUT2D eigenvalue weighted by molar-refractivity contribution is 0.0327. The number of rotatable bonds is 1.